The third kappa shape index (κ3) is 4.97. The standard InChI is InChI=1S/C16H17NO5/c1-20-16(19)9-12-4-6-13(7-5-12)22-11-15(18)17-10-14-3-2-8-21-14/h2-8H,9-11H2,1H3,(H,17,18). The summed E-state index contributed by atoms with van der Waals surface area (Å²) in [7, 11) is 1.35. The van der Waals surface area contributed by atoms with Crippen molar-refractivity contribution in [1.29, 1.82) is 0 Å². The first-order valence-corrected chi connectivity index (χ1v) is 6.75. The molecule has 0 aliphatic carbocycles. The Labute approximate surface area is 128 Å². The van der Waals surface area contributed by atoms with E-state index in [4.69, 9.17) is 9.15 Å². The summed E-state index contributed by atoms with van der Waals surface area (Å²) in [5.41, 5.74) is 0.821. The summed E-state index contributed by atoms with van der Waals surface area (Å²) >= 11 is 0. The van der Waals surface area contributed by atoms with Gasteiger partial charge < -0.3 is 19.2 Å². The third-order valence-corrected chi connectivity index (χ3v) is 2.91. The van der Waals surface area contributed by atoms with Crippen molar-refractivity contribution in [2.24, 2.45) is 0 Å². The van der Waals surface area contributed by atoms with E-state index in [1.165, 1.54) is 7.11 Å². The van der Waals surface area contributed by atoms with Crippen molar-refractivity contribution in [3.05, 3.63) is 54.0 Å². The number of esters is 1. The molecule has 0 atom stereocenters. The van der Waals surface area contributed by atoms with Crippen LogP contribution in [0.25, 0.3) is 0 Å². The second-order valence-corrected chi connectivity index (χ2v) is 4.54. The van der Waals surface area contributed by atoms with Gasteiger partial charge in [0.2, 0.25) is 0 Å². The monoisotopic (exact) mass is 303 g/mol. The van der Waals surface area contributed by atoms with Gasteiger partial charge in [-0.1, -0.05) is 12.1 Å². The summed E-state index contributed by atoms with van der Waals surface area (Å²) in [6.45, 7) is 0.240. The summed E-state index contributed by atoms with van der Waals surface area (Å²) in [6.07, 6.45) is 1.76. The van der Waals surface area contributed by atoms with E-state index in [2.05, 4.69) is 10.1 Å². The molecule has 0 bridgehead atoms. The molecule has 0 fully saturated rings. The number of methoxy groups -OCH3 is 1. The first-order chi connectivity index (χ1) is 10.7. The Morgan fingerprint density at radius 3 is 2.59 bits per heavy atom. The summed E-state index contributed by atoms with van der Waals surface area (Å²) in [5, 5.41) is 2.68. The van der Waals surface area contributed by atoms with E-state index in [-0.39, 0.29) is 24.9 Å². The molecule has 1 aromatic carbocycles. The molecule has 1 aromatic heterocycles. The minimum Gasteiger partial charge on any atom is -0.484 e. The van der Waals surface area contributed by atoms with Crippen molar-refractivity contribution in [1.82, 2.24) is 5.32 Å². The van der Waals surface area contributed by atoms with Gasteiger partial charge in [0.15, 0.2) is 6.61 Å². The lowest BCUT2D eigenvalue weighted by Gasteiger charge is -2.07. The highest BCUT2D eigenvalue weighted by molar-refractivity contribution is 5.77. The normalized spacial score (nSPS) is 10.0. The lowest BCUT2D eigenvalue weighted by Crippen LogP contribution is -2.28. The predicted octanol–water partition coefficient (Wildman–Crippen LogP) is 1.69. The summed E-state index contributed by atoms with van der Waals surface area (Å²) in [5.74, 6) is 0.697. The van der Waals surface area contributed by atoms with E-state index in [0.717, 1.165) is 5.56 Å². The Bertz CT molecular complexity index is 604. The molecule has 0 aliphatic heterocycles. The predicted molar refractivity (Wildman–Crippen MR) is 78.2 cm³/mol. The van der Waals surface area contributed by atoms with Crippen molar-refractivity contribution in [3.63, 3.8) is 0 Å². The molecule has 0 saturated carbocycles. The van der Waals surface area contributed by atoms with Crippen LogP contribution in [0.3, 0.4) is 0 Å². The lowest BCUT2D eigenvalue weighted by molar-refractivity contribution is -0.139. The van der Waals surface area contributed by atoms with Crippen LogP contribution in [0.2, 0.25) is 0 Å². The average Bonchev–Trinajstić information content (AvgIpc) is 3.05. The first kappa shape index (κ1) is 15.6. The van der Waals surface area contributed by atoms with E-state index in [9.17, 15) is 9.59 Å². The van der Waals surface area contributed by atoms with Crippen LogP contribution in [0, 0.1) is 0 Å². The van der Waals surface area contributed by atoms with E-state index >= 15 is 0 Å². The van der Waals surface area contributed by atoms with Gasteiger partial charge in [-0.2, -0.15) is 0 Å². The molecule has 22 heavy (non-hydrogen) atoms. The fourth-order valence-electron chi connectivity index (χ4n) is 1.74. The van der Waals surface area contributed by atoms with Gasteiger partial charge in [0.25, 0.3) is 5.91 Å². The number of hydrogen-bond acceptors (Lipinski definition) is 5. The highest BCUT2D eigenvalue weighted by Gasteiger charge is 2.05. The molecule has 6 nitrogen and oxygen atoms in total. The largest absolute Gasteiger partial charge is 0.484 e. The van der Waals surface area contributed by atoms with Gasteiger partial charge in [-0.15, -0.1) is 0 Å². The number of amides is 1. The van der Waals surface area contributed by atoms with Gasteiger partial charge in [0, 0.05) is 0 Å². The molecule has 116 valence electrons. The Balaban J connectivity index is 1.74. The minimum absolute atomic E-state index is 0.0863. The number of carbonyl (C=O) groups excluding carboxylic acids is 2. The number of furan rings is 1. The molecule has 1 heterocycles. The van der Waals surface area contributed by atoms with Gasteiger partial charge >= 0.3 is 5.97 Å². The Hall–Kier alpha value is -2.76. The molecule has 1 N–H and O–H groups in total. The molecule has 2 rings (SSSR count). The van der Waals surface area contributed by atoms with Crippen molar-refractivity contribution < 1.29 is 23.5 Å². The maximum absolute atomic E-state index is 11.6. The highest BCUT2D eigenvalue weighted by Crippen LogP contribution is 2.12. The number of nitrogens with one attached hydrogen (secondary N) is 1. The Kier molecular flexibility index (Phi) is 5.59. The Morgan fingerprint density at radius 2 is 1.95 bits per heavy atom. The fourth-order valence-corrected chi connectivity index (χ4v) is 1.74. The molecule has 0 saturated heterocycles. The maximum atomic E-state index is 11.6. The van der Waals surface area contributed by atoms with Crippen LogP contribution in [0.1, 0.15) is 11.3 Å². The second-order valence-electron chi connectivity index (χ2n) is 4.54. The number of carbonyl (C=O) groups is 2. The zero-order chi connectivity index (χ0) is 15.8. The van der Waals surface area contributed by atoms with Crippen LogP contribution in [0.15, 0.2) is 47.1 Å². The number of hydrogen-bond donors (Lipinski definition) is 1. The van der Waals surface area contributed by atoms with Gasteiger partial charge in [0.05, 0.1) is 26.3 Å². The molecular formula is C16H17NO5. The minimum atomic E-state index is -0.300. The maximum Gasteiger partial charge on any atom is 0.309 e. The Morgan fingerprint density at radius 1 is 1.18 bits per heavy atom. The van der Waals surface area contributed by atoms with Crippen molar-refractivity contribution in [3.8, 4) is 5.75 Å². The van der Waals surface area contributed by atoms with Gasteiger partial charge in [0.1, 0.15) is 11.5 Å². The molecule has 2 aromatic rings. The smallest absolute Gasteiger partial charge is 0.309 e. The fraction of sp³-hybridized carbons (Fsp3) is 0.250. The SMILES string of the molecule is COC(=O)Cc1ccc(OCC(=O)NCc2ccco2)cc1. The van der Waals surface area contributed by atoms with Crippen LogP contribution in [0.4, 0.5) is 0 Å². The van der Waals surface area contributed by atoms with Crippen LogP contribution in [0.5, 0.6) is 5.75 Å². The van der Waals surface area contributed by atoms with Gasteiger partial charge in [-0.25, -0.2) is 0 Å². The third-order valence-electron chi connectivity index (χ3n) is 2.91. The second kappa shape index (κ2) is 7.87. The van der Waals surface area contributed by atoms with E-state index in [0.29, 0.717) is 18.1 Å². The van der Waals surface area contributed by atoms with Crippen LogP contribution >= 0.6 is 0 Å². The van der Waals surface area contributed by atoms with Gasteiger partial charge in [-0.3, -0.25) is 9.59 Å². The zero-order valence-electron chi connectivity index (χ0n) is 12.2. The molecular weight excluding hydrogens is 286 g/mol. The van der Waals surface area contributed by atoms with Crippen molar-refractivity contribution >= 4 is 11.9 Å². The van der Waals surface area contributed by atoms with E-state index < -0.39 is 0 Å². The van der Waals surface area contributed by atoms with Crippen LogP contribution in [-0.4, -0.2) is 25.6 Å². The zero-order valence-corrected chi connectivity index (χ0v) is 12.2. The summed E-state index contributed by atoms with van der Waals surface area (Å²) < 4.78 is 15.1. The lowest BCUT2D eigenvalue weighted by atomic mass is 10.1. The van der Waals surface area contributed by atoms with Crippen LogP contribution < -0.4 is 10.1 Å². The van der Waals surface area contributed by atoms with E-state index in [1.807, 2.05) is 0 Å². The molecule has 0 spiro atoms. The van der Waals surface area contributed by atoms with Crippen LogP contribution in [-0.2, 0) is 27.3 Å². The first-order valence-electron chi connectivity index (χ1n) is 6.75. The molecule has 6 heteroatoms. The van der Waals surface area contributed by atoms with Crippen molar-refractivity contribution in [2.45, 2.75) is 13.0 Å². The highest BCUT2D eigenvalue weighted by atomic mass is 16.5. The average molecular weight is 303 g/mol. The summed E-state index contributed by atoms with van der Waals surface area (Å²) in [6, 6.07) is 10.5. The van der Waals surface area contributed by atoms with Gasteiger partial charge in [-0.05, 0) is 29.8 Å². The number of benzene rings is 1. The molecule has 1 amide bonds. The molecule has 0 aliphatic rings. The topological polar surface area (TPSA) is 77.8 Å². The quantitative estimate of drug-likeness (QED) is 0.788. The number of rotatable bonds is 7. The number of ether oxygens (including phenoxy) is 2. The van der Waals surface area contributed by atoms with Crippen molar-refractivity contribution in [2.75, 3.05) is 13.7 Å². The van der Waals surface area contributed by atoms with E-state index in [1.54, 1.807) is 42.7 Å². The molecule has 0 unspecified atom stereocenters. The summed E-state index contributed by atoms with van der Waals surface area (Å²) in [4.78, 5) is 22.8. The molecule has 0 radical (unpaired) electrons.